The molecule has 0 rings (SSSR count). The first-order chi connectivity index (χ1) is 10.2. The van der Waals surface area contributed by atoms with Crippen molar-refractivity contribution in [2.24, 2.45) is 0 Å². The molecule has 3 N–H and O–H groups in total. The third-order valence-corrected chi connectivity index (χ3v) is 4.40. The van der Waals surface area contributed by atoms with Crippen LogP contribution in [-0.4, -0.2) is 68.3 Å². The number of carbonyl (C=O) groups is 1. The number of nitrogens with one attached hydrogen (secondary N) is 1. The Morgan fingerprint density at radius 3 is 2.13 bits per heavy atom. The van der Waals surface area contributed by atoms with Crippen LogP contribution in [0.4, 0.5) is 0 Å². The largest absolute Gasteiger partial charge is 0.870 e. The summed E-state index contributed by atoms with van der Waals surface area (Å²) in [6, 6.07) is 0. The lowest BCUT2D eigenvalue weighted by molar-refractivity contribution is -0.890. The summed E-state index contributed by atoms with van der Waals surface area (Å²) in [6.45, 7) is 6.18. The van der Waals surface area contributed by atoms with Crippen LogP contribution in [-0.2, 0) is 14.9 Å². The van der Waals surface area contributed by atoms with Crippen LogP contribution in [0, 0.1) is 0 Å². The van der Waals surface area contributed by atoms with Gasteiger partial charge in [0.2, 0.25) is 5.91 Å². The number of carbonyl (C=O) groups excluding carboxylic acids is 1. The third-order valence-electron chi connectivity index (χ3n) is 3.59. The zero-order valence-corrected chi connectivity index (χ0v) is 15.1. The second-order valence-electron chi connectivity index (χ2n) is 6.29. The molecule has 0 heterocycles. The fraction of sp³-hybridized carbons (Fsp3) is 0.800. The van der Waals surface area contributed by atoms with Gasteiger partial charge in [0.25, 0.3) is 10.1 Å². The molecule has 0 aliphatic rings. The molecule has 0 aromatic carbocycles. The van der Waals surface area contributed by atoms with Crippen LogP contribution in [0.3, 0.4) is 0 Å². The maximum Gasteiger partial charge on any atom is 0.264 e. The Labute approximate surface area is 140 Å². The Morgan fingerprint density at radius 1 is 1.09 bits per heavy atom. The average molecular weight is 352 g/mol. The second-order valence-corrected chi connectivity index (χ2v) is 7.86. The molecule has 0 saturated heterocycles. The van der Waals surface area contributed by atoms with Crippen LogP contribution < -0.4 is 5.32 Å². The monoisotopic (exact) mass is 352 g/mol. The molecular formula is C15H32N2O5S. The van der Waals surface area contributed by atoms with Gasteiger partial charge in [-0.2, -0.15) is 8.42 Å². The van der Waals surface area contributed by atoms with Crippen molar-refractivity contribution in [2.75, 3.05) is 39.5 Å². The molecule has 138 valence electrons. The van der Waals surface area contributed by atoms with Crippen LogP contribution in [0.15, 0.2) is 12.7 Å². The van der Waals surface area contributed by atoms with Gasteiger partial charge in [-0.05, 0) is 38.2 Å². The Bertz CT molecular complexity index is 435. The van der Waals surface area contributed by atoms with E-state index in [0.29, 0.717) is 13.0 Å². The van der Waals surface area contributed by atoms with E-state index in [1.165, 1.54) is 6.08 Å². The number of hydrogen-bond donors (Lipinski definition) is 2. The summed E-state index contributed by atoms with van der Waals surface area (Å²) in [7, 11) is 0.557. The maximum absolute atomic E-state index is 11.0. The van der Waals surface area contributed by atoms with Crippen LogP contribution in [0.1, 0.15) is 38.5 Å². The Morgan fingerprint density at radius 2 is 1.61 bits per heavy atom. The van der Waals surface area contributed by atoms with E-state index in [1.54, 1.807) is 0 Å². The van der Waals surface area contributed by atoms with Gasteiger partial charge in [-0.1, -0.05) is 13.0 Å². The topological polar surface area (TPSA) is 113 Å². The van der Waals surface area contributed by atoms with Crippen molar-refractivity contribution in [3.63, 3.8) is 0 Å². The fourth-order valence-electron chi connectivity index (χ4n) is 2.24. The molecule has 0 bridgehead atoms. The van der Waals surface area contributed by atoms with Crippen molar-refractivity contribution in [1.82, 2.24) is 5.32 Å². The highest BCUT2D eigenvalue weighted by Gasteiger charge is 2.13. The number of unbranched alkanes of at least 4 members (excludes halogenated alkanes) is 4. The van der Waals surface area contributed by atoms with E-state index in [0.717, 1.165) is 49.7 Å². The first-order valence-electron chi connectivity index (χ1n) is 7.84. The lowest BCUT2D eigenvalue weighted by Gasteiger charge is -2.30. The van der Waals surface area contributed by atoms with E-state index in [2.05, 4.69) is 26.0 Å². The fourth-order valence-corrected chi connectivity index (χ4v) is 2.81. The number of quaternary nitrogens is 1. The molecule has 0 unspecified atom stereocenters. The first kappa shape index (κ1) is 24.3. The zero-order chi connectivity index (χ0) is 17.1. The summed E-state index contributed by atoms with van der Waals surface area (Å²) >= 11 is 0. The lowest BCUT2D eigenvalue weighted by atomic mass is 10.2. The minimum atomic E-state index is -3.81. The van der Waals surface area contributed by atoms with Gasteiger partial charge in [-0.25, -0.2) is 0 Å². The third kappa shape index (κ3) is 17.2. The van der Waals surface area contributed by atoms with Crippen molar-refractivity contribution in [3.05, 3.63) is 12.7 Å². The molecule has 0 aromatic heterocycles. The molecule has 0 saturated carbocycles. The van der Waals surface area contributed by atoms with Gasteiger partial charge in [-0.3, -0.25) is 9.35 Å². The predicted octanol–water partition coefficient (Wildman–Crippen LogP) is 1.42. The minimum absolute atomic E-state index is 0. The van der Waals surface area contributed by atoms with Crippen molar-refractivity contribution < 1.29 is 27.7 Å². The molecule has 0 spiro atoms. The van der Waals surface area contributed by atoms with E-state index in [4.69, 9.17) is 4.55 Å². The molecule has 0 aromatic rings. The van der Waals surface area contributed by atoms with E-state index < -0.39 is 10.1 Å². The van der Waals surface area contributed by atoms with E-state index in [-0.39, 0.29) is 17.1 Å². The summed E-state index contributed by atoms with van der Waals surface area (Å²) in [4.78, 5) is 11.0. The molecule has 23 heavy (non-hydrogen) atoms. The summed E-state index contributed by atoms with van der Waals surface area (Å²) in [5.74, 6) is -0.263. The van der Waals surface area contributed by atoms with Crippen LogP contribution >= 0.6 is 0 Å². The maximum atomic E-state index is 11.0. The molecule has 0 aliphatic heterocycles. The highest BCUT2D eigenvalue weighted by Crippen LogP contribution is 2.08. The highest BCUT2D eigenvalue weighted by atomic mass is 32.2. The quantitative estimate of drug-likeness (QED) is 0.225. The van der Waals surface area contributed by atoms with Gasteiger partial charge in [-0.15, -0.1) is 0 Å². The summed E-state index contributed by atoms with van der Waals surface area (Å²) in [5, 5.41) is 2.76. The highest BCUT2D eigenvalue weighted by molar-refractivity contribution is 7.85. The van der Waals surface area contributed by atoms with Crippen molar-refractivity contribution in [1.29, 1.82) is 0 Å². The molecule has 0 fully saturated rings. The molecular weight excluding hydrogens is 320 g/mol. The van der Waals surface area contributed by atoms with Crippen LogP contribution in [0.25, 0.3) is 0 Å². The number of amides is 1. The summed E-state index contributed by atoms with van der Waals surface area (Å²) in [6.07, 6.45) is 6.66. The van der Waals surface area contributed by atoms with Gasteiger partial charge in [0.1, 0.15) is 0 Å². The Balaban J connectivity index is 0. The lowest BCUT2D eigenvalue weighted by Crippen LogP contribution is -2.41. The average Bonchev–Trinajstić information content (AvgIpc) is 2.40. The van der Waals surface area contributed by atoms with Gasteiger partial charge >= 0.3 is 0 Å². The zero-order valence-electron chi connectivity index (χ0n) is 14.3. The summed E-state index contributed by atoms with van der Waals surface area (Å²) in [5.41, 5.74) is 0. The summed E-state index contributed by atoms with van der Waals surface area (Å²) < 4.78 is 30.7. The van der Waals surface area contributed by atoms with Crippen molar-refractivity contribution in [3.8, 4) is 0 Å². The predicted molar refractivity (Wildman–Crippen MR) is 91.1 cm³/mol. The van der Waals surface area contributed by atoms with Crippen molar-refractivity contribution >= 4 is 16.0 Å². The van der Waals surface area contributed by atoms with E-state index in [1.807, 2.05) is 0 Å². The molecule has 7 nitrogen and oxygen atoms in total. The molecule has 8 heteroatoms. The molecule has 1 amide bonds. The molecule has 0 atom stereocenters. The smallest absolute Gasteiger partial charge is 0.264 e. The van der Waals surface area contributed by atoms with E-state index >= 15 is 0 Å². The van der Waals surface area contributed by atoms with Gasteiger partial charge in [0.05, 0.1) is 32.9 Å². The Kier molecular flexibility index (Phi) is 13.2. The first-order valence-corrected chi connectivity index (χ1v) is 9.45. The number of rotatable bonds is 13. The number of nitrogens with zero attached hydrogens (tertiary/aromatic N) is 1. The van der Waals surface area contributed by atoms with Gasteiger partial charge < -0.3 is 15.3 Å². The minimum Gasteiger partial charge on any atom is -0.870 e. The number of hydrogen-bond acceptors (Lipinski definition) is 4. The van der Waals surface area contributed by atoms with Gasteiger partial charge in [0.15, 0.2) is 0 Å². The normalized spacial score (nSPS) is 11.6. The Hall–Kier alpha value is -0.960. The van der Waals surface area contributed by atoms with E-state index in [9.17, 15) is 13.2 Å². The molecule has 0 aliphatic carbocycles. The van der Waals surface area contributed by atoms with Crippen molar-refractivity contribution in [2.45, 2.75) is 38.5 Å². The second kappa shape index (κ2) is 12.5. The SMILES string of the molecule is C=CC(=O)NCCCC[N+](C)(C)CCCCCCS(=O)(=O)O.[OH-]. The van der Waals surface area contributed by atoms with Crippen LogP contribution in [0.5, 0.6) is 0 Å². The standard InChI is InChI=1S/C15H30N2O4S.H2O/c1-4-15(18)16-11-7-9-13-17(2,3)12-8-5-6-10-14-22(19,20)21;/h4H,1,5-14H2,2-3H3,(H-,16,18,19,20,21);1H2. The van der Waals surface area contributed by atoms with Crippen LogP contribution in [0.2, 0.25) is 0 Å². The van der Waals surface area contributed by atoms with Gasteiger partial charge in [0, 0.05) is 6.54 Å². The molecule has 0 radical (unpaired) electrons.